The van der Waals surface area contributed by atoms with Crippen molar-refractivity contribution in [1.82, 2.24) is 14.5 Å². The van der Waals surface area contributed by atoms with Crippen LogP contribution in [0.3, 0.4) is 0 Å². The van der Waals surface area contributed by atoms with Crippen molar-refractivity contribution in [3.8, 4) is 0 Å². The van der Waals surface area contributed by atoms with Crippen LogP contribution in [0.2, 0.25) is 0 Å². The molecule has 92 valence electrons. The quantitative estimate of drug-likeness (QED) is 0.695. The number of hydrogen-bond acceptors (Lipinski definition) is 2. The highest BCUT2D eigenvalue weighted by molar-refractivity contribution is 5.71. The summed E-state index contributed by atoms with van der Waals surface area (Å²) in [6.45, 7) is 13.0. The van der Waals surface area contributed by atoms with E-state index in [1.54, 1.807) is 0 Å². The van der Waals surface area contributed by atoms with E-state index in [1.165, 1.54) is 0 Å². The van der Waals surface area contributed by atoms with Crippen LogP contribution in [0.15, 0.2) is 18.5 Å². The maximum Gasteiger partial charge on any atom is 0.159 e. The van der Waals surface area contributed by atoms with Gasteiger partial charge in [0.15, 0.2) is 5.65 Å². The molecular weight excluding hydrogens is 210 g/mol. The first-order valence-electron chi connectivity index (χ1n) is 6.05. The highest BCUT2D eigenvalue weighted by Crippen LogP contribution is 2.25. The molecule has 0 aliphatic carbocycles. The lowest BCUT2D eigenvalue weighted by Gasteiger charge is -2.23. The molecule has 2 aromatic rings. The van der Waals surface area contributed by atoms with Gasteiger partial charge >= 0.3 is 0 Å². The molecule has 0 fully saturated rings. The van der Waals surface area contributed by atoms with Crippen molar-refractivity contribution in [3.05, 3.63) is 24.2 Å². The van der Waals surface area contributed by atoms with Crippen LogP contribution in [0.5, 0.6) is 0 Å². The Kier molecular flexibility index (Phi) is 2.53. The van der Waals surface area contributed by atoms with E-state index in [2.05, 4.69) is 57.3 Å². The van der Waals surface area contributed by atoms with E-state index in [9.17, 15) is 0 Å². The van der Waals surface area contributed by atoms with Crippen LogP contribution in [-0.2, 0) is 11.0 Å². The molecule has 3 heteroatoms. The Morgan fingerprint density at radius 1 is 1.06 bits per heavy atom. The maximum absolute atomic E-state index is 4.77. The summed E-state index contributed by atoms with van der Waals surface area (Å²) in [6.07, 6.45) is 3.95. The molecule has 0 aromatic carbocycles. The molecule has 0 N–H and O–H groups in total. The molecule has 2 heterocycles. The van der Waals surface area contributed by atoms with Crippen LogP contribution >= 0.6 is 0 Å². The molecule has 0 spiro atoms. The summed E-state index contributed by atoms with van der Waals surface area (Å²) in [5.74, 6) is 0. The minimum atomic E-state index is 0.0347. The van der Waals surface area contributed by atoms with Gasteiger partial charge in [0.25, 0.3) is 0 Å². The van der Waals surface area contributed by atoms with Gasteiger partial charge in [0.05, 0.1) is 5.69 Å². The number of hydrogen-bond donors (Lipinski definition) is 0. The second-order valence-corrected chi connectivity index (χ2v) is 6.57. The van der Waals surface area contributed by atoms with E-state index >= 15 is 0 Å². The molecule has 0 radical (unpaired) electrons. The van der Waals surface area contributed by atoms with Crippen molar-refractivity contribution in [2.24, 2.45) is 0 Å². The van der Waals surface area contributed by atoms with Crippen LogP contribution in [0, 0.1) is 0 Å². The fourth-order valence-electron chi connectivity index (χ4n) is 1.80. The molecule has 0 bridgehead atoms. The lowest BCUT2D eigenvalue weighted by atomic mass is 9.93. The van der Waals surface area contributed by atoms with E-state index in [-0.39, 0.29) is 11.0 Å². The molecule has 0 saturated heterocycles. The van der Waals surface area contributed by atoms with Crippen molar-refractivity contribution in [1.29, 1.82) is 0 Å². The molecular formula is C14H21N3. The average molecular weight is 231 g/mol. The molecule has 3 nitrogen and oxygen atoms in total. The molecule has 2 aromatic heterocycles. The normalized spacial score (nSPS) is 13.3. The Labute approximate surface area is 103 Å². The first-order chi connectivity index (χ1) is 7.69. The topological polar surface area (TPSA) is 30.7 Å². The van der Waals surface area contributed by atoms with Gasteiger partial charge in [-0.3, -0.25) is 4.98 Å². The third-order valence-corrected chi connectivity index (χ3v) is 2.88. The van der Waals surface area contributed by atoms with Crippen molar-refractivity contribution >= 4 is 11.2 Å². The maximum atomic E-state index is 4.77. The van der Waals surface area contributed by atoms with E-state index in [4.69, 9.17) is 4.98 Å². The first-order valence-corrected chi connectivity index (χ1v) is 6.05. The largest absolute Gasteiger partial charge is 0.326 e. The van der Waals surface area contributed by atoms with Gasteiger partial charge in [0.2, 0.25) is 0 Å². The zero-order valence-corrected chi connectivity index (χ0v) is 11.6. The van der Waals surface area contributed by atoms with E-state index < -0.39 is 0 Å². The van der Waals surface area contributed by atoms with Crippen LogP contribution < -0.4 is 0 Å². The van der Waals surface area contributed by atoms with Gasteiger partial charge in [-0.05, 0) is 26.8 Å². The summed E-state index contributed by atoms with van der Waals surface area (Å²) in [5, 5.41) is 0. The zero-order valence-electron chi connectivity index (χ0n) is 11.6. The predicted octanol–water partition coefficient (Wildman–Crippen LogP) is 3.48. The highest BCUT2D eigenvalue weighted by Gasteiger charge is 2.20. The molecule has 0 aliphatic rings. The number of nitrogens with zero attached hydrogens (tertiary/aromatic N) is 3. The molecule has 2 rings (SSSR count). The Hall–Kier alpha value is -1.38. The average Bonchev–Trinajstić information content (AvgIpc) is 2.57. The standard InChI is InChI=1S/C14H21N3/c1-13(2,3)11-9-15-10-7-8-17(12(10)16-11)14(4,5)6/h7-9H,1-6H3. The van der Waals surface area contributed by atoms with Crippen molar-refractivity contribution in [2.75, 3.05) is 0 Å². The molecule has 0 atom stereocenters. The number of aromatic nitrogens is 3. The predicted molar refractivity (Wildman–Crippen MR) is 71.2 cm³/mol. The lowest BCUT2D eigenvalue weighted by Crippen LogP contribution is -2.22. The number of fused-ring (bicyclic) bond motifs is 1. The third-order valence-electron chi connectivity index (χ3n) is 2.88. The summed E-state index contributed by atoms with van der Waals surface area (Å²) in [5.41, 5.74) is 3.05. The van der Waals surface area contributed by atoms with Gasteiger partial charge in [-0.1, -0.05) is 20.8 Å². The second-order valence-electron chi connectivity index (χ2n) is 6.57. The lowest BCUT2D eigenvalue weighted by molar-refractivity contribution is 0.407. The minimum Gasteiger partial charge on any atom is -0.326 e. The Morgan fingerprint density at radius 3 is 2.24 bits per heavy atom. The van der Waals surface area contributed by atoms with Crippen molar-refractivity contribution < 1.29 is 0 Å². The molecule has 17 heavy (non-hydrogen) atoms. The second kappa shape index (κ2) is 3.56. The Morgan fingerprint density at radius 2 is 1.71 bits per heavy atom. The zero-order chi connectivity index (χ0) is 12.8. The van der Waals surface area contributed by atoms with Crippen LogP contribution in [0.25, 0.3) is 11.2 Å². The van der Waals surface area contributed by atoms with Crippen LogP contribution in [0.1, 0.15) is 47.2 Å². The van der Waals surface area contributed by atoms with Gasteiger partial charge in [0, 0.05) is 23.3 Å². The summed E-state index contributed by atoms with van der Waals surface area (Å²) in [7, 11) is 0. The Balaban J connectivity index is 2.67. The van der Waals surface area contributed by atoms with E-state index in [0.29, 0.717) is 0 Å². The Bertz CT molecular complexity index is 539. The van der Waals surface area contributed by atoms with E-state index in [1.807, 2.05) is 12.3 Å². The van der Waals surface area contributed by atoms with Gasteiger partial charge in [-0.25, -0.2) is 4.98 Å². The molecule has 0 unspecified atom stereocenters. The summed E-state index contributed by atoms with van der Waals surface area (Å²) in [4.78, 5) is 9.27. The fraction of sp³-hybridized carbons (Fsp3) is 0.571. The minimum absolute atomic E-state index is 0.0347. The van der Waals surface area contributed by atoms with Crippen molar-refractivity contribution in [3.63, 3.8) is 0 Å². The first kappa shape index (κ1) is 12.1. The number of rotatable bonds is 0. The SMILES string of the molecule is CC(C)(C)c1cnc2ccn(C(C)(C)C)c2n1. The summed E-state index contributed by atoms with van der Waals surface area (Å²) < 4.78 is 2.19. The van der Waals surface area contributed by atoms with Gasteiger partial charge in [0.1, 0.15) is 5.52 Å². The molecule has 0 saturated carbocycles. The molecule has 0 amide bonds. The fourth-order valence-corrected chi connectivity index (χ4v) is 1.80. The monoisotopic (exact) mass is 231 g/mol. The molecule has 0 aliphatic heterocycles. The smallest absolute Gasteiger partial charge is 0.159 e. The summed E-state index contributed by atoms with van der Waals surface area (Å²) in [6, 6.07) is 2.03. The van der Waals surface area contributed by atoms with Crippen molar-refractivity contribution in [2.45, 2.75) is 52.5 Å². The highest BCUT2D eigenvalue weighted by atomic mass is 15.1. The van der Waals surface area contributed by atoms with Crippen LogP contribution in [-0.4, -0.2) is 14.5 Å². The van der Waals surface area contributed by atoms with Gasteiger partial charge in [-0.2, -0.15) is 0 Å². The van der Waals surface area contributed by atoms with Gasteiger partial charge < -0.3 is 4.57 Å². The third kappa shape index (κ3) is 2.19. The summed E-state index contributed by atoms with van der Waals surface area (Å²) >= 11 is 0. The van der Waals surface area contributed by atoms with Crippen LogP contribution in [0.4, 0.5) is 0 Å². The van der Waals surface area contributed by atoms with E-state index in [0.717, 1.165) is 16.9 Å². The van der Waals surface area contributed by atoms with Gasteiger partial charge in [-0.15, -0.1) is 0 Å².